The number of anilines is 1. The molecule has 0 bridgehead atoms. The Morgan fingerprint density at radius 1 is 1.18 bits per heavy atom. The predicted molar refractivity (Wildman–Crippen MR) is 97.3 cm³/mol. The quantitative estimate of drug-likeness (QED) is 0.375. The maximum atomic E-state index is 12.8. The highest BCUT2D eigenvalue weighted by atomic mass is 35.5. The molecular formula is C16H15ClF6N4S. The Morgan fingerprint density at radius 2 is 1.86 bits per heavy atom. The third-order valence-electron chi connectivity index (χ3n) is 3.68. The highest BCUT2D eigenvalue weighted by Crippen LogP contribution is 2.35. The van der Waals surface area contributed by atoms with E-state index < -0.39 is 28.6 Å². The number of hydrogen-bond donors (Lipinski definition) is 2. The molecule has 0 unspecified atom stereocenters. The van der Waals surface area contributed by atoms with Gasteiger partial charge >= 0.3 is 12.4 Å². The van der Waals surface area contributed by atoms with Crippen molar-refractivity contribution in [2.24, 2.45) is 0 Å². The smallest absolute Gasteiger partial charge is 0.362 e. The first-order valence-corrected chi connectivity index (χ1v) is 8.70. The number of nitrogens with zero attached hydrogens (tertiary/aromatic N) is 2. The third-order valence-corrected chi connectivity index (χ3v) is 4.38. The second kappa shape index (κ2) is 8.56. The minimum Gasteiger partial charge on any atom is -0.362 e. The summed E-state index contributed by atoms with van der Waals surface area (Å²) in [4.78, 5) is 0. The van der Waals surface area contributed by atoms with Crippen LogP contribution in [-0.2, 0) is 18.9 Å². The van der Waals surface area contributed by atoms with Crippen LogP contribution in [0.2, 0.25) is 5.02 Å². The van der Waals surface area contributed by atoms with Crippen molar-refractivity contribution in [2.45, 2.75) is 32.2 Å². The highest BCUT2D eigenvalue weighted by molar-refractivity contribution is 7.80. The molecule has 2 N–H and O–H groups in total. The van der Waals surface area contributed by atoms with Gasteiger partial charge in [-0.25, -0.2) is 0 Å². The van der Waals surface area contributed by atoms with E-state index in [-0.39, 0.29) is 29.6 Å². The van der Waals surface area contributed by atoms with Crippen molar-refractivity contribution in [1.29, 1.82) is 0 Å². The van der Waals surface area contributed by atoms with Crippen LogP contribution in [0.25, 0.3) is 0 Å². The molecular weight excluding hydrogens is 430 g/mol. The van der Waals surface area contributed by atoms with Crippen molar-refractivity contribution in [3.63, 3.8) is 0 Å². The van der Waals surface area contributed by atoms with E-state index in [1.54, 1.807) is 0 Å². The van der Waals surface area contributed by atoms with Crippen LogP contribution in [0.15, 0.2) is 24.3 Å². The SMILES string of the molecule is Cc1c(Cl)c(C(F)(F)F)nn1CCCNC(=S)Nc1cccc(C(F)(F)F)c1. The van der Waals surface area contributed by atoms with E-state index in [2.05, 4.69) is 15.7 Å². The van der Waals surface area contributed by atoms with Crippen LogP contribution >= 0.6 is 23.8 Å². The van der Waals surface area contributed by atoms with Gasteiger partial charge in [0.05, 0.1) is 16.3 Å². The molecule has 0 aliphatic heterocycles. The molecule has 1 heterocycles. The van der Waals surface area contributed by atoms with Crippen molar-refractivity contribution in [1.82, 2.24) is 15.1 Å². The maximum Gasteiger partial charge on any atom is 0.436 e. The Morgan fingerprint density at radius 3 is 2.43 bits per heavy atom. The van der Waals surface area contributed by atoms with Crippen molar-refractivity contribution in [2.75, 3.05) is 11.9 Å². The molecule has 0 fully saturated rings. The topological polar surface area (TPSA) is 41.9 Å². The van der Waals surface area contributed by atoms with E-state index in [1.165, 1.54) is 19.1 Å². The fraction of sp³-hybridized carbons (Fsp3) is 0.375. The molecule has 12 heteroatoms. The summed E-state index contributed by atoms with van der Waals surface area (Å²) in [5.41, 5.74) is -1.59. The molecule has 2 aromatic rings. The molecule has 0 aliphatic carbocycles. The van der Waals surface area contributed by atoms with Crippen LogP contribution < -0.4 is 10.6 Å². The summed E-state index contributed by atoms with van der Waals surface area (Å²) in [7, 11) is 0. The molecule has 28 heavy (non-hydrogen) atoms. The van der Waals surface area contributed by atoms with Crippen LogP contribution in [0.4, 0.5) is 32.0 Å². The first-order valence-electron chi connectivity index (χ1n) is 7.92. The molecule has 2 rings (SSSR count). The van der Waals surface area contributed by atoms with E-state index in [4.69, 9.17) is 23.8 Å². The van der Waals surface area contributed by atoms with Gasteiger partial charge in [0.1, 0.15) is 0 Å². The van der Waals surface area contributed by atoms with Crippen molar-refractivity contribution < 1.29 is 26.3 Å². The Bertz CT molecular complexity index is 847. The Kier molecular flexibility index (Phi) is 6.81. The summed E-state index contributed by atoms with van der Waals surface area (Å²) < 4.78 is 77.5. The highest BCUT2D eigenvalue weighted by Gasteiger charge is 2.38. The first-order chi connectivity index (χ1) is 12.9. The molecule has 4 nitrogen and oxygen atoms in total. The fourth-order valence-electron chi connectivity index (χ4n) is 2.30. The largest absolute Gasteiger partial charge is 0.436 e. The summed E-state index contributed by atoms with van der Waals surface area (Å²) in [5, 5.41) is 8.52. The van der Waals surface area contributed by atoms with E-state index in [9.17, 15) is 26.3 Å². The fourth-order valence-corrected chi connectivity index (χ4v) is 2.76. The van der Waals surface area contributed by atoms with E-state index >= 15 is 0 Å². The zero-order chi connectivity index (χ0) is 21.1. The van der Waals surface area contributed by atoms with Gasteiger partial charge in [-0.2, -0.15) is 31.4 Å². The van der Waals surface area contributed by atoms with Gasteiger partial charge in [-0.3, -0.25) is 4.68 Å². The molecule has 0 saturated heterocycles. The zero-order valence-corrected chi connectivity index (χ0v) is 16.0. The van der Waals surface area contributed by atoms with Crippen molar-refractivity contribution in [3.05, 3.63) is 46.2 Å². The van der Waals surface area contributed by atoms with Gasteiger partial charge in [0.2, 0.25) is 0 Å². The molecule has 154 valence electrons. The number of alkyl halides is 6. The maximum absolute atomic E-state index is 12.8. The van der Waals surface area contributed by atoms with Gasteiger partial charge in [-0.15, -0.1) is 0 Å². The number of aromatic nitrogens is 2. The third kappa shape index (κ3) is 5.74. The van der Waals surface area contributed by atoms with Crippen molar-refractivity contribution in [3.8, 4) is 0 Å². The standard InChI is InChI=1S/C16H15ClF6N4S/c1-9-12(17)13(16(21,22)23)26-27(9)7-3-6-24-14(28)25-11-5-2-4-10(8-11)15(18,19)20/h2,4-5,8H,3,6-7H2,1H3,(H2,24,25,28). The normalized spacial score (nSPS) is 12.1. The lowest BCUT2D eigenvalue weighted by atomic mass is 10.2. The second-order valence-corrected chi connectivity index (χ2v) is 6.57. The van der Waals surface area contributed by atoms with Crippen LogP contribution in [0, 0.1) is 6.92 Å². The molecule has 0 atom stereocenters. The number of rotatable bonds is 5. The van der Waals surface area contributed by atoms with Gasteiger partial charge in [0.15, 0.2) is 10.8 Å². The van der Waals surface area contributed by atoms with Crippen LogP contribution in [0.3, 0.4) is 0 Å². The van der Waals surface area contributed by atoms with E-state index in [0.29, 0.717) is 6.42 Å². The van der Waals surface area contributed by atoms with Gasteiger partial charge in [0, 0.05) is 18.8 Å². The molecule has 0 saturated carbocycles. The molecule has 1 aromatic heterocycles. The Hall–Kier alpha value is -2.01. The number of benzene rings is 1. The lowest BCUT2D eigenvalue weighted by Gasteiger charge is -2.13. The summed E-state index contributed by atoms with van der Waals surface area (Å²) in [6, 6.07) is 4.53. The molecule has 0 spiro atoms. The number of hydrogen-bond acceptors (Lipinski definition) is 2. The molecule has 0 aliphatic rings. The monoisotopic (exact) mass is 444 g/mol. The van der Waals surface area contributed by atoms with Gasteiger partial charge in [0.25, 0.3) is 0 Å². The second-order valence-electron chi connectivity index (χ2n) is 5.78. The minimum atomic E-state index is -4.64. The van der Waals surface area contributed by atoms with Crippen LogP contribution in [0.5, 0.6) is 0 Å². The van der Waals surface area contributed by atoms with Gasteiger partial charge in [-0.1, -0.05) is 17.7 Å². The molecule has 1 aromatic carbocycles. The average Bonchev–Trinajstić information content (AvgIpc) is 2.86. The summed E-state index contributed by atoms with van der Waals surface area (Å²) in [5.74, 6) is 0. The van der Waals surface area contributed by atoms with E-state index in [0.717, 1.165) is 16.8 Å². The van der Waals surface area contributed by atoms with Crippen LogP contribution in [0.1, 0.15) is 23.4 Å². The summed E-state index contributed by atoms with van der Waals surface area (Å²) >= 11 is 10.7. The summed E-state index contributed by atoms with van der Waals surface area (Å²) in [6.45, 7) is 1.85. The number of nitrogens with one attached hydrogen (secondary N) is 2. The Labute approximate surface area is 166 Å². The first kappa shape index (κ1) is 22.3. The van der Waals surface area contributed by atoms with Gasteiger partial charge in [-0.05, 0) is 43.8 Å². The zero-order valence-electron chi connectivity index (χ0n) is 14.4. The lowest BCUT2D eigenvalue weighted by Crippen LogP contribution is -2.30. The van der Waals surface area contributed by atoms with E-state index in [1.807, 2.05) is 0 Å². The van der Waals surface area contributed by atoms with Gasteiger partial charge < -0.3 is 10.6 Å². The van der Waals surface area contributed by atoms with Crippen molar-refractivity contribution >= 4 is 34.6 Å². The summed E-state index contributed by atoms with van der Waals surface area (Å²) in [6.07, 6.45) is -8.74. The number of halogens is 7. The van der Waals surface area contributed by atoms with Crippen LogP contribution in [-0.4, -0.2) is 21.4 Å². The average molecular weight is 445 g/mol. The predicted octanol–water partition coefficient (Wildman–Crippen LogP) is 5.26. The number of aryl methyl sites for hydroxylation is 1. The molecule has 0 radical (unpaired) electrons. The minimum absolute atomic E-state index is 0.0884. The number of thiocarbonyl (C=S) groups is 1. The Balaban J connectivity index is 1.85. The lowest BCUT2D eigenvalue weighted by molar-refractivity contribution is -0.141. The molecule has 0 amide bonds.